The van der Waals surface area contributed by atoms with Gasteiger partial charge in [0.15, 0.2) is 0 Å². The van der Waals surface area contributed by atoms with Crippen molar-refractivity contribution < 1.29 is 13.2 Å². The van der Waals surface area contributed by atoms with Crippen molar-refractivity contribution in [2.24, 2.45) is 0 Å². The lowest BCUT2D eigenvalue weighted by atomic mass is 10.2. The predicted molar refractivity (Wildman–Crippen MR) is 71.9 cm³/mol. The van der Waals surface area contributed by atoms with E-state index in [1.54, 1.807) is 12.4 Å². The van der Waals surface area contributed by atoms with Gasteiger partial charge < -0.3 is 4.57 Å². The first kappa shape index (κ1) is 15.1. The zero-order chi connectivity index (χ0) is 14.6. The molecule has 7 heteroatoms. The minimum atomic E-state index is -4.08. The number of rotatable bonds is 6. The molecular weight excluding hydrogens is 291 g/mol. The molecule has 0 aliphatic rings. The number of aromatic nitrogens is 3. The van der Waals surface area contributed by atoms with E-state index in [-0.39, 0.29) is 6.42 Å². The van der Waals surface area contributed by atoms with Crippen molar-refractivity contribution in [3.63, 3.8) is 0 Å². The summed E-state index contributed by atoms with van der Waals surface area (Å²) in [6.07, 6.45) is -0.349. The van der Waals surface area contributed by atoms with Crippen LogP contribution in [0, 0.1) is 0 Å². The summed E-state index contributed by atoms with van der Waals surface area (Å²) in [4.78, 5) is 8.42. The topological polar surface area (TPSA) is 30.7 Å². The number of pyridine rings is 1. The maximum atomic E-state index is 12.1. The van der Waals surface area contributed by atoms with Crippen molar-refractivity contribution in [3.8, 4) is 0 Å². The molecule has 0 unspecified atom stereocenters. The highest BCUT2D eigenvalue weighted by Gasteiger charge is 2.25. The Morgan fingerprint density at radius 1 is 1.25 bits per heavy atom. The lowest BCUT2D eigenvalue weighted by Gasteiger charge is -2.09. The Bertz CT molecular complexity index is 565. The molecule has 0 spiro atoms. The van der Waals surface area contributed by atoms with E-state index in [1.807, 2.05) is 10.6 Å². The quantitative estimate of drug-likeness (QED) is 0.598. The van der Waals surface area contributed by atoms with Crippen LogP contribution in [0.15, 0.2) is 18.5 Å². The van der Waals surface area contributed by atoms with Crippen LogP contribution in [0.25, 0.3) is 11.0 Å². The fraction of sp³-hybridized carbons (Fsp3) is 0.538. The summed E-state index contributed by atoms with van der Waals surface area (Å²) in [5, 5.41) is 0. The van der Waals surface area contributed by atoms with Gasteiger partial charge in [0, 0.05) is 31.5 Å². The summed E-state index contributed by atoms with van der Waals surface area (Å²) in [7, 11) is 0. The third-order valence-corrected chi connectivity index (χ3v) is 3.23. The number of halogens is 4. The third kappa shape index (κ3) is 3.85. The Morgan fingerprint density at radius 2 is 2.05 bits per heavy atom. The van der Waals surface area contributed by atoms with Crippen molar-refractivity contribution >= 4 is 22.6 Å². The monoisotopic (exact) mass is 305 g/mol. The van der Waals surface area contributed by atoms with E-state index < -0.39 is 12.6 Å². The van der Waals surface area contributed by atoms with Gasteiger partial charge in [-0.1, -0.05) is 0 Å². The minimum absolute atomic E-state index is 0.120. The van der Waals surface area contributed by atoms with Crippen molar-refractivity contribution in [2.45, 2.75) is 38.4 Å². The first-order valence-corrected chi connectivity index (χ1v) is 6.96. The zero-order valence-electron chi connectivity index (χ0n) is 10.8. The van der Waals surface area contributed by atoms with Gasteiger partial charge in [0.05, 0.1) is 11.7 Å². The molecule has 20 heavy (non-hydrogen) atoms. The molecule has 0 aliphatic heterocycles. The van der Waals surface area contributed by atoms with E-state index in [2.05, 4.69) is 9.97 Å². The van der Waals surface area contributed by atoms with Gasteiger partial charge in [-0.2, -0.15) is 13.2 Å². The van der Waals surface area contributed by atoms with Crippen LogP contribution in [0.1, 0.15) is 25.1 Å². The van der Waals surface area contributed by atoms with Gasteiger partial charge in [0.25, 0.3) is 0 Å². The smallest absolute Gasteiger partial charge is 0.328 e. The van der Waals surface area contributed by atoms with Gasteiger partial charge in [0.1, 0.15) is 11.3 Å². The van der Waals surface area contributed by atoms with E-state index in [0.717, 1.165) is 16.9 Å². The van der Waals surface area contributed by atoms with Gasteiger partial charge in [0.2, 0.25) is 0 Å². The largest absolute Gasteiger partial charge is 0.389 e. The summed E-state index contributed by atoms with van der Waals surface area (Å²) in [5.74, 6) is 1.23. The summed E-state index contributed by atoms with van der Waals surface area (Å²) in [6.45, 7) is 0.517. The van der Waals surface area contributed by atoms with Crippen molar-refractivity contribution in [1.29, 1.82) is 0 Å². The highest BCUT2D eigenvalue weighted by atomic mass is 35.5. The highest BCUT2D eigenvalue weighted by Crippen LogP contribution is 2.23. The maximum absolute atomic E-state index is 12.1. The number of fused-ring (bicyclic) bond motifs is 1. The Balaban J connectivity index is 2.09. The number of hydrogen-bond acceptors (Lipinski definition) is 2. The average molecular weight is 306 g/mol. The Morgan fingerprint density at radius 3 is 2.75 bits per heavy atom. The molecule has 0 atom stereocenters. The van der Waals surface area contributed by atoms with Gasteiger partial charge >= 0.3 is 6.18 Å². The number of aryl methyl sites for hydroxylation is 2. The molecule has 2 aromatic heterocycles. The third-order valence-electron chi connectivity index (χ3n) is 3.04. The normalized spacial score (nSPS) is 12.2. The molecule has 3 nitrogen and oxygen atoms in total. The second-order valence-corrected chi connectivity index (χ2v) is 4.93. The Labute approximate surface area is 119 Å². The van der Waals surface area contributed by atoms with Crippen LogP contribution in [0.2, 0.25) is 0 Å². The summed E-state index contributed by atoms with van der Waals surface area (Å²) in [5.41, 5.74) is 1.65. The second-order valence-electron chi connectivity index (χ2n) is 4.56. The molecule has 0 aromatic carbocycles. The van der Waals surface area contributed by atoms with Crippen LogP contribution >= 0.6 is 11.6 Å². The summed E-state index contributed by atoms with van der Waals surface area (Å²) < 4.78 is 38.3. The molecule has 0 radical (unpaired) electrons. The molecular formula is C13H15ClF3N3. The molecule has 2 heterocycles. The molecule has 0 aliphatic carbocycles. The number of unbranched alkanes of at least 4 members (excludes halogenated alkanes) is 1. The summed E-state index contributed by atoms with van der Waals surface area (Å²) >= 11 is 5.74. The van der Waals surface area contributed by atoms with E-state index in [0.29, 0.717) is 25.3 Å². The minimum Gasteiger partial charge on any atom is -0.328 e. The Hall–Kier alpha value is -1.30. The Kier molecular flexibility index (Phi) is 4.86. The molecule has 0 N–H and O–H groups in total. The van der Waals surface area contributed by atoms with E-state index in [9.17, 15) is 13.2 Å². The zero-order valence-corrected chi connectivity index (χ0v) is 11.6. The number of alkyl halides is 4. The van der Waals surface area contributed by atoms with Crippen molar-refractivity contribution in [2.75, 3.05) is 5.88 Å². The van der Waals surface area contributed by atoms with Gasteiger partial charge in [-0.3, -0.25) is 4.98 Å². The summed E-state index contributed by atoms with van der Waals surface area (Å²) in [6, 6.07) is 1.82. The van der Waals surface area contributed by atoms with Gasteiger partial charge in [-0.05, 0) is 18.9 Å². The first-order chi connectivity index (χ1) is 9.51. The van der Waals surface area contributed by atoms with E-state index in [4.69, 9.17) is 11.6 Å². The highest BCUT2D eigenvalue weighted by molar-refractivity contribution is 6.17. The molecule has 0 bridgehead atoms. The molecule has 0 saturated heterocycles. The lowest BCUT2D eigenvalue weighted by molar-refractivity contribution is -0.135. The number of hydrogen-bond donors (Lipinski definition) is 0. The predicted octanol–water partition coefficient (Wildman–Crippen LogP) is 3.95. The first-order valence-electron chi connectivity index (χ1n) is 6.43. The van der Waals surface area contributed by atoms with Gasteiger partial charge in [-0.15, -0.1) is 11.6 Å². The standard InChI is InChI=1S/C13H15ClF3N3/c14-6-3-12-19-10-9-18-7-4-11(10)20(12)8-2-1-5-13(15,16)17/h4,7,9H,1-3,5-6,8H2. The van der Waals surface area contributed by atoms with Crippen LogP contribution in [0.3, 0.4) is 0 Å². The second kappa shape index (κ2) is 6.43. The average Bonchev–Trinajstić information content (AvgIpc) is 2.72. The van der Waals surface area contributed by atoms with Crippen LogP contribution in [0.4, 0.5) is 13.2 Å². The van der Waals surface area contributed by atoms with Crippen molar-refractivity contribution in [1.82, 2.24) is 14.5 Å². The van der Waals surface area contributed by atoms with Crippen molar-refractivity contribution in [3.05, 3.63) is 24.3 Å². The molecule has 0 amide bonds. The van der Waals surface area contributed by atoms with Crippen LogP contribution < -0.4 is 0 Å². The number of nitrogens with zero attached hydrogens (tertiary/aromatic N) is 3. The SMILES string of the molecule is FC(F)(F)CCCCn1c(CCCl)nc2cnccc21. The molecule has 110 valence electrons. The molecule has 2 rings (SSSR count). The maximum Gasteiger partial charge on any atom is 0.389 e. The lowest BCUT2D eigenvalue weighted by Crippen LogP contribution is -2.09. The van der Waals surface area contributed by atoms with Crippen LogP contribution in [-0.4, -0.2) is 26.6 Å². The molecule has 0 saturated carbocycles. The molecule has 2 aromatic rings. The fourth-order valence-electron chi connectivity index (χ4n) is 2.15. The fourth-order valence-corrected chi connectivity index (χ4v) is 2.32. The van der Waals surface area contributed by atoms with Crippen LogP contribution in [-0.2, 0) is 13.0 Å². The molecule has 0 fully saturated rings. The van der Waals surface area contributed by atoms with Crippen LogP contribution in [0.5, 0.6) is 0 Å². The number of imidazole rings is 1. The van der Waals surface area contributed by atoms with E-state index in [1.165, 1.54) is 0 Å². The van der Waals surface area contributed by atoms with E-state index >= 15 is 0 Å². The van der Waals surface area contributed by atoms with Gasteiger partial charge in [-0.25, -0.2) is 4.98 Å².